The molecule has 1 heterocycles. The Morgan fingerprint density at radius 2 is 1.57 bits per heavy atom. The van der Waals surface area contributed by atoms with Crippen molar-refractivity contribution in [1.82, 2.24) is 4.90 Å². The molecule has 1 aromatic rings. The first-order valence-corrected chi connectivity index (χ1v) is 7.51. The molecular formula is C16H22N2O5. The molecule has 1 aromatic carbocycles. The molecule has 0 saturated carbocycles. The van der Waals surface area contributed by atoms with Crippen molar-refractivity contribution in [3.05, 3.63) is 18.2 Å². The van der Waals surface area contributed by atoms with Crippen molar-refractivity contribution in [1.29, 1.82) is 0 Å². The van der Waals surface area contributed by atoms with Gasteiger partial charge in [-0.2, -0.15) is 0 Å². The lowest BCUT2D eigenvalue weighted by Crippen LogP contribution is -2.48. The number of benzene rings is 1. The van der Waals surface area contributed by atoms with Gasteiger partial charge in [-0.25, -0.2) is 0 Å². The summed E-state index contributed by atoms with van der Waals surface area (Å²) in [6.07, 6.45) is -0.0611. The molecule has 1 fully saturated rings. The first-order chi connectivity index (χ1) is 11.0. The summed E-state index contributed by atoms with van der Waals surface area (Å²) in [5.74, 6) is 0.398. The fraction of sp³-hybridized carbons (Fsp3) is 0.500. The zero-order valence-corrected chi connectivity index (χ0v) is 13.4. The highest BCUT2D eigenvalue weighted by Crippen LogP contribution is 2.29. The number of carbonyl (C=O) groups is 2. The summed E-state index contributed by atoms with van der Waals surface area (Å²) in [5.41, 5.74) is 0.985. The van der Waals surface area contributed by atoms with E-state index in [9.17, 15) is 9.59 Å². The van der Waals surface area contributed by atoms with Gasteiger partial charge in [0, 0.05) is 56.5 Å². The Balaban J connectivity index is 1.96. The maximum absolute atomic E-state index is 12.0. The predicted octanol–water partition coefficient (Wildman–Crippen LogP) is 1.22. The number of anilines is 1. The van der Waals surface area contributed by atoms with E-state index in [1.807, 2.05) is 18.2 Å². The van der Waals surface area contributed by atoms with Crippen LogP contribution in [0, 0.1) is 0 Å². The topological polar surface area (TPSA) is 79.3 Å². The van der Waals surface area contributed by atoms with E-state index in [1.165, 1.54) is 0 Å². The molecule has 7 heteroatoms. The van der Waals surface area contributed by atoms with E-state index < -0.39 is 5.97 Å². The smallest absolute Gasteiger partial charge is 0.303 e. The Kier molecular flexibility index (Phi) is 5.67. The lowest BCUT2D eigenvalue weighted by molar-refractivity contribution is -0.141. The van der Waals surface area contributed by atoms with E-state index in [1.54, 1.807) is 19.1 Å². The van der Waals surface area contributed by atoms with Gasteiger partial charge in [-0.3, -0.25) is 9.59 Å². The van der Waals surface area contributed by atoms with Gasteiger partial charge in [-0.05, 0) is 0 Å². The molecule has 2 rings (SSSR count). The maximum atomic E-state index is 12.0. The Bertz CT molecular complexity index is 545. The number of carboxylic acid groups (broad SMARTS) is 1. The van der Waals surface area contributed by atoms with Gasteiger partial charge >= 0.3 is 5.97 Å². The number of hydrogen-bond donors (Lipinski definition) is 1. The van der Waals surface area contributed by atoms with Crippen LogP contribution in [0.2, 0.25) is 0 Å². The molecule has 1 N–H and O–H groups in total. The highest BCUT2D eigenvalue weighted by atomic mass is 16.5. The fourth-order valence-corrected chi connectivity index (χ4v) is 2.56. The molecule has 23 heavy (non-hydrogen) atoms. The van der Waals surface area contributed by atoms with Crippen LogP contribution in [-0.2, 0) is 9.59 Å². The molecule has 0 unspecified atom stereocenters. The van der Waals surface area contributed by atoms with Crippen LogP contribution in [0.4, 0.5) is 5.69 Å². The fourth-order valence-electron chi connectivity index (χ4n) is 2.56. The average Bonchev–Trinajstić information content (AvgIpc) is 2.59. The van der Waals surface area contributed by atoms with Crippen molar-refractivity contribution in [2.75, 3.05) is 45.3 Å². The first-order valence-electron chi connectivity index (χ1n) is 7.51. The van der Waals surface area contributed by atoms with Gasteiger partial charge in [0.05, 0.1) is 20.6 Å². The lowest BCUT2D eigenvalue weighted by Gasteiger charge is -2.36. The van der Waals surface area contributed by atoms with Crippen molar-refractivity contribution >= 4 is 17.6 Å². The summed E-state index contributed by atoms with van der Waals surface area (Å²) < 4.78 is 10.6. The second-order valence-corrected chi connectivity index (χ2v) is 5.33. The van der Waals surface area contributed by atoms with Gasteiger partial charge in [0.15, 0.2) is 0 Å². The molecule has 0 spiro atoms. The van der Waals surface area contributed by atoms with Crippen LogP contribution in [-0.4, -0.2) is 62.3 Å². The zero-order valence-electron chi connectivity index (χ0n) is 13.4. The van der Waals surface area contributed by atoms with E-state index >= 15 is 0 Å². The Morgan fingerprint density at radius 3 is 2.04 bits per heavy atom. The van der Waals surface area contributed by atoms with Crippen molar-refractivity contribution in [2.45, 2.75) is 12.8 Å². The normalized spacial score (nSPS) is 14.5. The van der Waals surface area contributed by atoms with Crippen LogP contribution in [0.5, 0.6) is 11.5 Å². The standard InChI is InChI=1S/C16H22N2O5/c1-22-13-9-12(10-14(11-13)23-2)17-5-7-18(8-6-17)15(19)3-4-16(20)21/h9-11H,3-8H2,1-2H3,(H,20,21). The van der Waals surface area contributed by atoms with Crippen molar-refractivity contribution in [2.24, 2.45) is 0 Å². The van der Waals surface area contributed by atoms with E-state index in [2.05, 4.69) is 4.90 Å². The van der Waals surface area contributed by atoms with Crippen LogP contribution in [0.15, 0.2) is 18.2 Å². The number of piperazine rings is 1. The lowest BCUT2D eigenvalue weighted by atomic mass is 10.2. The van der Waals surface area contributed by atoms with Crippen LogP contribution < -0.4 is 14.4 Å². The monoisotopic (exact) mass is 322 g/mol. The summed E-state index contributed by atoms with van der Waals surface area (Å²) in [6, 6.07) is 5.68. The van der Waals surface area contributed by atoms with E-state index in [4.69, 9.17) is 14.6 Å². The third-order valence-corrected chi connectivity index (χ3v) is 3.89. The minimum absolute atomic E-state index is 0.0579. The van der Waals surface area contributed by atoms with E-state index in [-0.39, 0.29) is 18.7 Å². The quantitative estimate of drug-likeness (QED) is 0.848. The Hall–Kier alpha value is -2.44. The summed E-state index contributed by atoms with van der Waals surface area (Å²) in [5, 5.41) is 8.65. The van der Waals surface area contributed by atoms with E-state index in [0.29, 0.717) is 26.2 Å². The molecule has 0 aliphatic carbocycles. The molecule has 0 radical (unpaired) electrons. The van der Waals surface area contributed by atoms with E-state index in [0.717, 1.165) is 17.2 Å². The highest BCUT2D eigenvalue weighted by molar-refractivity contribution is 5.81. The van der Waals surface area contributed by atoms with Gasteiger partial charge in [-0.15, -0.1) is 0 Å². The maximum Gasteiger partial charge on any atom is 0.303 e. The van der Waals surface area contributed by atoms with Crippen LogP contribution in [0.3, 0.4) is 0 Å². The molecule has 0 aromatic heterocycles. The summed E-state index contributed by atoms with van der Waals surface area (Å²) >= 11 is 0. The number of carboxylic acids is 1. The largest absolute Gasteiger partial charge is 0.497 e. The van der Waals surface area contributed by atoms with Gasteiger partial charge in [0.1, 0.15) is 11.5 Å². The number of methoxy groups -OCH3 is 2. The molecule has 1 amide bonds. The average molecular weight is 322 g/mol. The number of aliphatic carboxylic acids is 1. The van der Waals surface area contributed by atoms with Gasteiger partial charge in [-0.1, -0.05) is 0 Å². The summed E-state index contributed by atoms with van der Waals surface area (Å²) in [7, 11) is 3.22. The second kappa shape index (κ2) is 7.71. The van der Waals surface area contributed by atoms with Crippen molar-refractivity contribution in [3.8, 4) is 11.5 Å². The summed E-state index contributed by atoms with van der Waals surface area (Å²) in [6.45, 7) is 2.54. The SMILES string of the molecule is COc1cc(OC)cc(N2CCN(C(=O)CCC(=O)O)CC2)c1. The number of ether oxygens (including phenoxy) is 2. The minimum atomic E-state index is -0.944. The van der Waals surface area contributed by atoms with Crippen molar-refractivity contribution < 1.29 is 24.2 Å². The highest BCUT2D eigenvalue weighted by Gasteiger charge is 2.22. The van der Waals surface area contributed by atoms with Gasteiger partial charge < -0.3 is 24.4 Å². The molecule has 1 saturated heterocycles. The molecule has 0 bridgehead atoms. The number of hydrogen-bond acceptors (Lipinski definition) is 5. The van der Waals surface area contributed by atoms with Crippen molar-refractivity contribution in [3.63, 3.8) is 0 Å². The number of amides is 1. The van der Waals surface area contributed by atoms with Gasteiger partial charge in [0.25, 0.3) is 0 Å². The van der Waals surface area contributed by atoms with Gasteiger partial charge in [0.2, 0.25) is 5.91 Å². The third-order valence-electron chi connectivity index (χ3n) is 3.89. The molecule has 126 valence electrons. The Morgan fingerprint density at radius 1 is 1.00 bits per heavy atom. The molecular weight excluding hydrogens is 300 g/mol. The Labute approximate surface area is 135 Å². The van der Waals surface area contributed by atoms with Crippen LogP contribution in [0.25, 0.3) is 0 Å². The third kappa shape index (κ3) is 4.51. The number of rotatable bonds is 6. The van der Waals surface area contributed by atoms with Crippen LogP contribution >= 0.6 is 0 Å². The molecule has 0 atom stereocenters. The molecule has 7 nitrogen and oxygen atoms in total. The number of carbonyl (C=O) groups excluding carboxylic acids is 1. The number of nitrogens with zero attached hydrogens (tertiary/aromatic N) is 2. The zero-order chi connectivity index (χ0) is 16.8. The molecule has 1 aliphatic rings. The first kappa shape index (κ1) is 16.9. The van der Waals surface area contributed by atoms with Crippen LogP contribution in [0.1, 0.15) is 12.8 Å². The summed E-state index contributed by atoms with van der Waals surface area (Å²) in [4.78, 5) is 26.4. The minimum Gasteiger partial charge on any atom is -0.497 e. The predicted molar refractivity (Wildman–Crippen MR) is 85.2 cm³/mol. The second-order valence-electron chi connectivity index (χ2n) is 5.33. The molecule has 1 aliphatic heterocycles.